The number of unbranched alkanes of at least 4 members (excludes halogenated alkanes) is 4. The summed E-state index contributed by atoms with van der Waals surface area (Å²) in [6, 6.07) is 10.4. The van der Waals surface area contributed by atoms with Gasteiger partial charge in [0.05, 0.1) is 17.6 Å². The first-order valence-electron chi connectivity index (χ1n) is 13.7. The summed E-state index contributed by atoms with van der Waals surface area (Å²) in [7, 11) is 0. The molecule has 1 unspecified atom stereocenters. The topological polar surface area (TPSA) is 52.1 Å². The average molecular weight is 563 g/mol. The van der Waals surface area contributed by atoms with Crippen molar-refractivity contribution in [2.75, 3.05) is 6.61 Å². The monoisotopic (exact) mass is 562 g/mol. The third kappa shape index (κ3) is 5.85. The van der Waals surface area contributed by atoms with Gasteiger partial charge < -0.3 is 4.74 Å². The van der Waals surface area contributed by atoms with E-state index in [-0.39, 0.29) is 5.97 Å². The zero-order chi connectivity index (χ0) is 26.3. The van der Waals surface area contributed by atoms with Gasteiger partial charge in [0, 0.05) is 43.4 Å². The third-order valence-electron chi connectivity index (χ3n) is 7.02. The number of benzene rings is 1. The molecule has 5 aromatic rings. The predicted molar refractivity (Wildman–Crippen MR) is 164 cm³/mol. The molecule has 0 amide bonds. The van der Waals surface area contributed by atoms with Crippen molar-refractivity contribution in [2.45, 2.75) is 65.2 Å². The lowest BCUT2D eigenvalue weighted by atomic mass is 9.96. The maximum Gasteiger partial charge on any atom is 0.348 e. The SMILES string of the molecule is CCCCCCC(CCCC)COC(=O)c1cc2c(-c3cccs3)c3nccnc3c(-c3cccs3)c2s1. The number of aromatic nitrogens is 2. The fraction of sp³-hybridized carbons (Fsp3) is 0.387. The maximum atomic E-state index is 13.4. The van der Waals surface area contributed by atoms with Gasteiger partial charge in [-0.25, -0.2) is 4.79 Å². The predicted octanol–water partition coefficient (Wildman–Crippen LogP) is 10.2. The highest BCUT2D eigenvalue weighted by atomic mass is 32.1. The van der Waals surface area contributed by atoms with E-state index in [1.807, 2.05) is 6.07 Å². The maximum absolute atomic E-state index is 13.4. The Morgan fingerprint density at radius 2 is 1.53 bits per heavy atom. The van der Waals surface area contributed by atoms with E-state index in [4.69, 9.17) is 14.7 Å². The van der Waals surface area contributed by atoms with Crippen LogP contribution in [0.25, 0.3) is 42.0 Å². The van der Waals surface area contributed by atoms with Crippen molar-refractivity contribution in [3.63, 3.8) is 0 Å². The average Bonchev–Trinajstić information content (AvgIpc) is 3.73. The molecule has 0 radical (unpaired) electrons. The van der Waals surface area contributed by atoms with Crippen molar-refractivity contribution in [3.8, 4) is 20.9 Å². The highest BCUT2D eigenvalue weighted by Crippen LogP contribution is 2.47. The Balaban J connectivity index is 1.51. The van der Waals surface area contributed by atoms with Crippen LogP contribution in [0.3, 0.4) is 0 Å². The minimum Gasteiger partial charge on any atom is -0.461 e. The Morgan fingerprint density at radius 3 is 2.18 bits per heavy atom. The zero-order valence-corrected chi connectivity index (χ0v) is 24.5. The number of hydrogen-bond donors (Lipinski definition) is 0. The number of nitrogens with zero attached hydrogens (tertiary/aromatic N) is 2. The molecule has 0 fully saturated rings. The van der Waals surface area contributed by atoms with Crippen LogP contribution in [0, 0.1) is 5.92 Å². The normalized spacial score (nSPS) is 12.4. The Labute approximate surface area is 236 Å². The van der Waals surface area contributed by atoms with Crippen molar-refractivity contribution >= 4 is 61.1 Å². The molecule has 4 heterocycles. The largest absolute Gasteiger partial charge is 0.461 e. The van der Waals surface area contributed by atoms with E-state index in [2.05, 4.69) is 48.9 Å². The highest BCUT2D eigenvalue weighted by Gasteiger charge is 2.24. The summed E-state index contributed by atoms with van der Waals surface area (Å²) in [5.41, 5.74) is 3.85. The molecule has 0 bridgehead atoms. The van der Waals surface area contributed by atoms with E-state index in [9.17, 15) is 4.79 Å². The lowest BCUT2D eigenvalue weighted by Gasteiger charge is -2.16. The van der Waals surface area contributed by atoms with E-state index in [0.717, 1.165) is 54.8 Å². The fourth-order valence-corrected chi connectivity index (χ4v) is 7.80. The fourth-order valence-electron chi connectivity index (χ4n) is 5.05. The van der Waals surface area contributed by atoms with E-state index in [0.29, 0.717) is 17.4 Å². The van der Waals surface area contributed by atoms with E-state index < -0.39 is 0 Å². The van der Waals surface area contributed by atoms with Crippen LogP contribution in [0.2, 0.25) is 0 Å². The van der Waals surface area contributed by atoms with Crippen molar-refractivity contribution < 1.29 is 9.53 Å². The smallest absolute Gasteiger partial charge is 0.348 e. The minimum atomic E-state index is -0.222. The Morgan fingerprint density at radius 1 is 0.868 bits per heavy atom. The number of esters is 1. The molecule has 4 aromatic heterocycles. The summed E-state index contributed by atoms with van der Waals surface area (Å²) >= 11 is 4.89. The number of hydrogen-bond acceptors (Lipinski definition) is 7. The molecule has 0 N–H and O–H groups in total. The van der Waals surface area contributed by atoms with E-state index in [1.54, 1.807) is 35.1 Å². The molecule has 7 heteroatoms. The molecule has 0 aliphatic rings. The van der Waals surface area contributed by atoms with Crippen LogP contribution in [-0.4, -0.2) is 22.5 Å². The molecule has 1 atom stereocenters. The van der Waals surface area contributed by atoms with Crippen molar-refractivity contribution in [1.82, 2.24) is 9.97 Å². The molecular weight excluding hydrogens is 529 g/mol. The first-order valence-corrected chi connectivity index (χ1v) is 16.2. The first-order chi connectivity index (χ1) is 18.7. The second-order valence-electron chi connectivity index (χ2n) is 9.77. The molecule has 0 spiro atoms. The van der Waals surface area contributed by atoms with Gasteiger partial charge in [-0.2, -0.15) is 0 Å². The van der Waals surface area contributed by atoms with Crippen LogP contribution in [0.15, 0.2) is 53.5 Å². The molecule has 1 aromatic carbocycles. The van der Waals surface area contributed by atoms with Gasteiger partial charge in [-0.15, -0.1) is 34.0 Å². The van der Waals surface area contributed by atoms with Crippen LogP contribution in [0.5, 0.6) is 0 Å². The molecule has 0 saturated carbocycles. The van der Waals surface area contributed by atoms with Crippen molar-refractivity contribution in [3.05, 3.63) is 58.4 Å². The number of carbonyl (C=O) groups is 1. The molecular formula is C31H34N2O2S3. The standard InChI is InChI=1S/C31H34N2O2S3/c1-3-5-7-8-12-21(11-6-4-2)20-35-31(34)25-19-22-26(23-13-9-17-36-23)28-29(33-16-15-32-28)27(30(22)38-25)24-14-10-18-37-24/h9-10,13-19,21H,3-8,11-12,20H2,1-2H3. The van der Waals surface area contributed by atoms with E-state index in [1.165, 1.54) is 49.9 Å². The summed E-state index contributed by atoms with van der Waals surface area (Å²) in [5.74, 6) is 0.213. The third-order valence-corrected chi connectivity index (χ3v) is 9.93. The quantitative estimate of drug-likeness (QED) is 0.106. The summed E-state index contributed by atoms with van der Waals surface area (Å²) in [6.45, 7) is 4.96. The van der Waals surface area contributed by atoms with Gasteiger partial charge in [0.2, 0.25) is 0 Å². The Bertz CT molecular complexity index is 1380. The molecule has 5 rings (SSSR count). The van der Waals surface area contributed by atoms with Crippen LogP contribution in [-0.2, 0) is 4.74 Å². The molecule has 198 valence electrons. The zero-order valence-electron chi connectivity index (χ0n) is 22.1. The van der Waals surface area contributed by atoms with Crippen molar-refractivity contribution in [2.24, 2.45) is 5.92 Å². The minimum absolute atomic E-state index is 0.222. The van der Waals surface area contributed by atoms with Crippen molar-refractivity contribution in [1.29, 1.82) is 0 Å². The first kappa shape index (κ1) is 27.0. The lowest BCUT2D eigenvalue weighted by Crippen LogP contribution is -2.14. The van der Waals surface area contributed by atoms with Gasteiger partial charge in [-0.1, -0.05) is 64.5 Å². The van der Waals surface area contributed by atoms with Crippen LogP contribution >= 0.6 is 34.0 Å². The second kappa shape index (κ2) is 13.0. The molecule has 0 aliphatic heterocycles. The van der Waals surface area contributed by atoms with E-state index >= 15 is 0 Å². The summed E-state index contributed by atoms with van der Waals surface area (Å²) in [5, 5.41) is 5.20. The summed E-state index contributed by atoms with van der Waals surface area (Å²) in [4.78, 5) is 25.9. The lowest BCUT2D eigenvalue weighted by molar-refractivity contribution is 0.0428. The van der Waals surface area contributed by atoms with Gasteiger partial charge >= 0.3 is 5.97 Å². The number of ether oxygens (including phenoxy) is 1. The second-order valence-corrected chi connectivity index (χ2v) is 12.7. The van der Waals surface area contributed by atoms with Gasteiger partial charge in [0.25, 0.3) is 0 Å². The van der Waals surface area contributed by atoms with Gasteiger partial charge in [0.15, 0.2) is 0 Å². The van der Waals surface area contributed by atoms with Crippen LogP contribution < -0.4 is 0 Å². The Hall–Kier alpha value is -2.61. The molecule has 4 nitrogen and oxygen atoms in total. The van der Waals surface area contributed by atoms with Gasteiger partial charge in [0.1, 0.15) is 4.88 Å². The number of thiophene rings is 3. The molecule has 0 saturated heterocycles. The van der Waals surface area contributed by atoms with Crippen LogP contribution in [0.4, 0.5) is 0 Å². The molecule has 38 heavy (non-hydrogen) atoms. The highest BCUT2D eigenvalue weighted by molar-refractivity contribution is 7.22. The van der Waals surface area contributed by atoms with Gasteiger partial charge in [-0.3, -0.25) is 9.97 Å². The molecule has 0 aliphatic carbocycles. The number of carbonyl (C=O) groups excluding carboxylic acids is 1. The van der Waals surface area contributed by atoms with Gasteiger partial charge in [-0.05, 0) is 47.7 Å². The number of rotatable bonds is 13. The summed E-state index contributed by atoms with van der Waals surface area (Å²) in [6.07, 6.45) is 13.1. The Kier molecular flexibility index (Phi) is 9.20. The summed E-state index contributed by atoms with van der Waals surface area (Å²) < 4.78 is 7.05. The van der Waals surface area contributed by atoms with Crippen LogP contribution in [0.1, 0.15) is 74.9 Å². The number of fused-ring (bicyclic) bond motifs is 2.